The standard InChI is InChI=1S/C19H26O5/c1-10(2)18(21)23-16-12(4)8-6-7-11(3)9-14(20)15-13(5)19(22)24-17(15)16/h8-10,14-17,20H,5-7H2,1-4H3. The quantitative estimate of drug-likeness (QED) is 0.477. The molecule has 5 nitrogen and oxygen atoms in total. The summed E-state index contributed by atoms with van der Waals surface area (Å²) in [5.41, 5.74) is 2.08. The number of fused-ring (bicyclic) bond motifs is 1. The maximum atomic E-state index is 12.1. The number of carbonyl (C=O) groups is 2. The normalized spacial score (nSPS) is 31.1. The van der Waals surface area contributed by atoms with E-state index in [9.17, 15) is 14.7 Å². The van der Waals surface area contributed by atoms with E-state index >= 15 is 0 Å². The highest BCUT2D eigenvalue weighted by Crippen LogP contribution is 2.36. The van der Waals surface area contributed by atoms with Crippen molar-refractivity contribution in [2.45, 2.75) is 58.8 Å². The topological polar surface area (TPSA) is 72.8 Å². The van der Waals surface area contributed by atoms with Crippen molar-refractivity contribution < 1.29 is 24.2 Å². The molecule has 1 fully saturated rings. The zero-order valence-corrected chi connectivity index (χ0v) is 14.7. The summed E-state index contributed by atoms with van der Waals surface area (Å²) in [7, 11) is 0. The van der Waals surface area contributed by atoms with E-state index in [1.54, 1.807) is 19.9 Å². The Morgan fingerprint density at radius 1 is 1.42 bits per heavy atom. The Hall–Kier alpha value is -1.88. The average molecular weight is 334 g/mol. The van der Waals surface area contributed by atoms with E-state index in [0.29, 0.717) is 0 Å². The Morgan fingerprint density at radius 2 is 2.08 bits per heavy atom. The van der Waals surface area contributed by atoms with Gasteiger partial charge in [0, 0.05) is 5.57 Å². The van der Waals surface area contributed by atoms with Crippen LogP contribution in [0.5, 0.6) is 0 Å². The van der Waals surface area contributed by atoms with Crippen molar-refractivity contribution in [1.29, 1.82) is 0 Å². The van der Waals surface area contributed by atoms with Crippen LogP contribution in [0, 0.1) is 11.8 Å². The van der Waals surface area contributed by atoms with Crippen LogP contribution in [0.15, 0.2) is 35.5 Å². The van der Waals surface area contributed by atoms with Crippen LogP contribution >= 0.6 is 0 Å². The van der Waals surface area contributed by atoms with Gasteiger partial charge in [0.25, 0.3) is 0 Å². The second-order valence-electron chi connectivity index (χ2n) is 6.92. The molecule has 5 heteroatoms. The zero-order chi connectivity index (χ0) is 18.0. The lowest BCUT2D eigenvalue weighted by Gasteiger charge is -2.30. The zero-order valence-electron chi connectivity index (χ0n) is 14.7. The first kappa shape index (κ1) is 18.5. The molecule has 2 rings (SSSR count). The SMILES string of the molecule is C=C1C(=O)OC2C(OC(=O)C(C)C)C(C)=CCCC(C)=CC(O)C12. The van der Waals surface area contributed by atoms with Gasteiger partial charge >= 0.3 is 11.9 Å². The van der Waals surface area contributed by atoms with Gasteiger partial charge in [0.1, 0.15) is 0 Å². The highest BCUT2D eigenvalue weighted by Gasteiger charge is 2.48. The molecule has 0 bridgehead atoms. The first-order valence-corrected chi connectivity index (χ1v) is 8.34. The third kappa shape index (κ3) is 3.78. The van der Waals surface area contributed by atoms with Crippen molar-refractivity contribution in [1.82, 2.24) is 0 Å². The molecule has 24 heavy (non-hydrogen) atoms. The lowest BCUT2D eigenvalue weighted by molar-refractivity contribution is -0.163. The second kappa shape index (κ2) is 7.34. The van der Waals surface area contributed by atoms with E-state index in [1.165, 1.54) is 0 Å². The average Bonchev–Trinajstić information content (AvgIpc) is 2.78. The fraction of sp³-hybridized carbons (Fsp3) is 0.579. The van der Waals surface area contributed by atoms with Crippen molar-refractivity contribution in [2.24, 2.45) is 11.8 Å². The lowest BCUT2D eigenvalue weighted by atomic mass is 9.84. The summed E-state index contributed by atoms with van der Waals surface area (Å²) in [6.07, 6.45) is 2.91. The number of allylic oxidation sites excluding steroid dienone is 2. The fourth-order valence-electron chi connectivity index (χ4n) is 3.06. The molecule has 0 radical (unpaired) electrons. The summed E-state index contributed by atoms with van der Waals surface area (Å²) < 4.78 is 11.1. The van der Waals surface area contributed by atoms with Crippen LogP contribution in [0.2, 0.25) is 0 Å². The molecule has 0 amide bonds. The van der Waals surface area contributed by atoms with Crippen molar-refractivity contribution in [3.05, 3.63) is 35.5 Å². The van der Waals surface area contributed by atoms with Gasteiger partial charge < -0.3 is 14.6 Å². The van der Waals surface area contributed by atoms with Gasteiger partial charge in [-0.15, -0.1) is 0 Å². The molecule has 1 N–H and O–H groups in total. The van der Waals surface area contributed by atoms with Gasteiger partial charge in [0.05, 0.1) is 17.9 Å². The molecular weight excluding hydrogens is 308 g/mol. The van der Waals surface area contributed by atoms with Gasteiger partial charge in [-0.2, -0.15) is 0 Å². The highest BCUT2D eigenvalue weighted by molar-refractivity contribution is 5.91. The van der Waals surface area contributed by atoms with E-state index in [-0.39, 0.29) is 17.5 Å². The monoisotopic (exact) mass is 334 g/mol. The maximum absolute atomic E-state index is 12.1. The molecule has 2 aliphatic rings. The smallest absolute Gasteiger partial charge is 0.334 e. The third-order valence-corrected chi connectivity index (χ3v) is 4.55. The molecule has 0 aromatic rings. The Labute approximate surface area is 143 Å². The predicted octanol–water partition coefficient (Wildman–Crippen LogP) is 2.70. The minimum Gasteiger partial charge on any atom is -0.454 e. The number of hydrogen-bond donors (Lipinski definition) is 1. The van der Waals surface area contributed by atoms with Crippen LogP contribution in [-0.4, -0.2) is 35.4 Å². The van der Waals surface area contributed by atoms with Gasteiger partial charge in [0.2, 0.25) is 0 Å². The number of aliphatic hydroxyl groups is 1. The Bertz CT molecular complexity index is 599. The molecular formula is C19H26O5. The van der Waals surface area contributed by atoms with Gasteiger partial charge in [0.15, 0.2) is 12.2 Å². The third-order valence-electron chi connectivity index (χ3n) is 4.55. The first-order chi connectivity index (χ1) is 11.2. The van der Waals surface area contributed by atoms with Crippen molar-refractivity contribution in [2.75, 3.05) is 0 Å². The minimum atomic E-state index is -0.903. The first-order valence-electron chi connectivity index (χ1n) is 8.34. The van der Waals surface area contributed by atoms with E-state index in [2.05, 4.69) is 6.58 Å². The molecule has 4 unspecified atom stereocenters. The summed E-state index contributed by atoms with van der Waals surface area (Å²) in [4.78, 5) is 24.1. The largest absolute Gasteiger partial charge is 0.454 e. The van der Waals surface area contributed by atoms with E-state index < -0.39 is 30.2 Å². The van der Waals surface area contributed by atoms with Crippen LogP contribution in [-0.2, 0) is 19.1 Å². The molecule has 0 saturated carbocycles. The molecule has 132 valence electrons. The summed E-state index contributed by atoms with van der Waals surface area (Å²) in [5, 5.41) is 10.6. The molecule has 4 atom stereocenters. The number of ether oxygens (including phenoxy) is 2. The van der Waals surface area contributed by atoms with Crippen LogP contribution < -0.4 is 0 Å². The Kier molecular flexibility index (Phi) is 5.65. The summed E-state index contributed by atoms with van der Waals surface area (Å²) in [6.45, 7) is 11.1. The summed E-state index contributed by atoms with van der Waals surface area (Å²) in [6, 6.07) is 0. The Balaban J connectivity index is 2.43. The molecule has 1 heterocycles. The van der Waals surface area contributed by atoms with Crippen molar-refractivity contribution in [3.63, 3.8) is 0 Å². The highest BCUT2D eigenvalue weighted by atomic mass is 16.6. The van der Waals surface area contributed by atoms with Crippen LogP contribution in [0.3, 0.4) is 0 Å². The van der Waals surface area contributed by atoms with Gasteiger partial charge in [-0.05, 0) is 32.3 Å². The number of carbonyl (C=O) groups excluding carboxylic acids is 2. The maximum Gasteiger partial charge on any atom is 0.334 e. The second-order valence-corrected chi connectivity index (χ2v) is 6.92. The number of esters is 2. The van der Waals surface area contributed by atoms with Crippen molar-refractivity contribution >= 4 is 11.9 Å². The van der Waals surface area contributed by atoms with Gasteiger partial charge in [-0.1, -0.05) is 38.2 Å². The number of aliphatic hydroxyl groups excluding tert-OH is 1. The van der Waals surface area contributed by atoms with Crippen molar-refractivity contribution in [3.8, 4) is 0 Å². The summed E-state index contributed by atoms with van der Waals surface area (Å²) in [5.74, 6) is -1.83. The van der Waals surface area contributed by atoms with Crippen LogP contribution in [0.1, 0.15) is 40.5 Å². The number of hydrogen-bond acceptors (Lipinski definition) is 5. The fourth-order valence-corrected chi connectivity index (χ4v) is 3.06. The van der Waals surface area contributed by atoms with Crippen LogP contribution in [0.25, 0.3) is 0 Å². The molecule has 1 aliphatic heterocycles. The lowest BCUT2D eigenvalue weighted by Crippen LogP contribution is -2.41. The molecule has 1 saturated heterocycles. The van der Waals surface area contributed by atoms with E-state index in [1.807, 2.05) is 19.9 Å². The summed E-state index contributed by atoms with van der Waals surface area (Å²) >= 11 is 0. The molecule has 0 aromatic carbocycles. The van der Waals surface area contributed by atoms with E-state index in [0.717, 1.165) is 24.0 Å². The van der Waals surface area contributed by atoms with Gasteiger partial charge in [-0.3, -0.25) is 4.79 Å². The molecule has 0 spiro atoms. The minimum absolute atomic E-state index is 0.218. The number of rotatable bonds is 2. The van der Waals surface area contributed by atoms with E-state index in [4.69, 9.17) is 9.47 Å². The van der Waals surface area contributed by atoms with Crippen LogP contribution in [0.4, 0.5) is 0 Å². The van der Waals surface area contributed by atoms with Gasteiger partial charge in [-0.25, -0.2) is 4.79 Å². The predicted molar refractivity (Wildman–Crippen MR) is 90.0 cm³/mol. The molecule has 0 aromatic heterocycles. The Morgan fingerprint density at radius 3 is 2.71 bits per heavy atom. The molecule has 1 aliphatic carbocycles.